The van der Waals surface area contributed by atoms with Crippen molar-refractivity contribution in [2.75, 3.05) is 6.54 Å². The van der Waals surface area contributed by atoms with Crippen LogP contribution in [0.1, 0.15) is 30.2 Å². The van der Waals surface area contributed by atoms with Crippen molar-refractivity contribution in [1.82, 2.24) is 5.32 Å². The van der Waals surface area contributed by atoms with E-state index in [1.54, 1.807) is 12.1 Å². The van der Waals surface area contributed by atoms with Crippen LogP contribution in [0.4, 0.5) is 4.39 Å². The average Bonchev–Trinajstić information content (AvgIpc) is 2.93. The molecular formula is C16H18FNO3. The molecule has 0 aliphatic carbocycles. The second-order valence-electron chi connectivity index (χ2n) is 5.11. The van der Waals surface area contributed by atoms with Crippen molar-refractivity contribution in [3.63, 3.8) is 0 Å². The predicted molar refractivity (Wildman–Crippen MR) is 76.6 cm³/mol. The van der Waals surface area contributed by atoms with Crippen LogP contribution < -0.4 is 10.1 Å². The van der Waals surface area contributed by atoms with Crippen molar-refractivity contribution in [3.8, 4) is 5.75 Å². The molecule has 1 aromatic heterocycles. The Kier molecular flexibility index (Phi) is 4.98. The number of halogens is 1. The zero-order valence-electron chi connectivity index (χ0n) is 12.1. The van der Waals surface area contributed by atoms with E-state index < -0.39 is 0 Å². The van der Waals surface area contributed by atoms with Gasteiger partial charge in [0.1, 0.15) is 23.9 Å². The summed E-state index contributed by atoms with van der Waals surface area (Å²) in [6, 6.07) is 9.01. The van der Waals surface area contributed by atoms with Gasteiger partial charge in [0, 0.05) is 6.54 Å². The van der Waals surface area contributed by atoms with Gasteiger partial charge in [-0.15, -0.1) is 0 Å². The van der Waals surface area contributed by atoms with Crippen molar-refractivity contribution >= 4 is 5.91 Å². The molecule has 21 heavy (non-hydrogen) atoms. The van der Waals surface area contributed by atoms with Crippen LogP contribution in [0.2, 0.25) is 0 Å². The summed E-state index contributed by atoms with van der Waals surface area (Å²) in [5, 5.41) is 2.78. The molecule has 0 unspecified atom stereocenters. The maximum atomic E-state index is 12.8. The molecule has 0 fully saturated rings. The van der Waals surface area contributed by atoms with Gasteiger partial charge in [-0.25, -0.2) is 4.39 Å². The lowest BCUT2D eigenvalue weighted by atomic mass is 10.2. The summed E-state index contributed by atoms with van der Waals surface area (Å²) in [6.07, 6.45) is 0. The maximum Gasteiger partial charge on any atom is 0.287 e. The summed E-state index contributed by atoms with van der Waals surface area (Å²) in [4.78, 5) is 11.8. The molecule has 1 aromatic carbocycles. The molecule has 0 saturated heterocycles. The third-order valence-electron chi connectivity index (χ3n) is 2.75. The predicted octanol–water partition coefficient (Wildman–Crippen LogP) is 3.38. The third kappa shape index (κ3) is 4.63. The quantitative estimate of drug-likeness (QED) is 0.887. The van der Waals surface area contributed by atoms with E-state index in [1.807, 2.05) is 13.8 Å². The van der Waals surface area contributed by atoms with Crippen LogP contribution >= 0.6 is 0 Å². The molecule has 2 rings (SSSR count). The van der Waals surface area contributed by atoms with Crippen molar-refractivity contribution < 1.29 is 18.3 Å². The first-order chi connectivity index (χ1) is 10.0. The molecule has 112 valence electrons. The monoisotopic (exact) mass is 291 g/mol. The number of nitrogens with one attached hydrogen (secondary N) is 1. The smallest absolute Gasteiger partial charge is 0.287 e. The van der Waals surface area contributed by atoms with Gasteiger partial charge in [0.05, 0.1) is 0 Å². The minimum absolute atomic E-state index is 0.184. The van der Waals surface area contributed by atoms with Crippen molar-refractivity contribution in [3.05, 3.63) is 53.7 Å². The molecule has 1 amide bonds. The second kappa shape index (κ2) is 6.92. The molecule has 0 spiro atoms. The highest BCUT2D eigenvalue weighted by Gasteiger charge is 2.11. The number of hydrogen-bond acceptors (Lipinski definition) is 3. The van der Waals surface area contributed by atoms with E-state index in [9.17, 15) is 9.18 Å². The number of carbonyl (C=O) groups is 1. The Bertz CT molecular complexity index is 590. The summed E-state index contributed by atoms with van der Waals surface area (Å²) >= 11 is 0. The van der Waals surface area contributed by atoms with Gasteiger partial charge < -0.3 is 14.5 Å². The summed E-state index contributed by atoms with van der Waals surface area (Å²) in [5.41, 5.74) is 0. The highest BCUT2D eigenvalue weighted by atomic mass is 19.1. The first kappa shape index (κ1) is 15.1. The molecule has 0 saturated carbocycles. The number of hydrogen-bond donors (Lipinski definition) is 1. The molecule has 5 heteroatoms. The molecule has 0 bridgehead atoms. The van der Waals surface area contributed by atoms with Gasteiger partial charge in [-0.3, -0.25) is 4.79 Å². The Morgan fingerprint density at radius 2 is 1.95 bits per heavy atom. The molecule has 1 heterocycles. The molecular weight excluding hydrogens is 273 g/mol. The van der Waals surface area contributed by atoms with Crippen molar-refractivity contribution in [1.29, 1.82) is 0 Å². The Balaban J connectivity index is 1.88. The minimum Gasteiger partial charge on any atom is -0.486 e. The lowest BCUT2D eigenvalue weighted by molar-refractivity contribution is 0.0917. The largest absolute Gasteiger partial charge is 0.486 e. The van der Waals surface area contributed by atoms with Gasteiger partial charge in [0.2, 0.25) is 0 Å². The van der Waals surface area contributed by atoms with Gasteiger partial charge in [-0.2, -0.15) is 0 Å². The summed E-state index contributed by atoms with van der Waals surface area (Å²) in [5.74, 6) is 1.16. The lowest BCUT2D eigenvalue weighted by Gasteiger charge is -2.05. The van der Waals surface area contributed by atoms with Gasteiger partial charge in [-0.05, 0) is 42.3 Å². The molecule has 1 N–H and O–H groups in total. The topological polar surface area (TPSA) is 51.5 Å². The fraction of sp³-hybridized carbons (Fsp3) is 0.312. The van der Waals surface area contributed by atoms with Crippen LogP contribution in [0, 0.1) is 11.7 Å². The van der Waals surface area contributed by atoms with Gasteiger partial charge in [0.15, 0.2) is 5.76 Å². The van der Waals surface area contributed by atoms with Crippen molar-refractivity contribution in [2.24, 2.45) is 5.92 Å². The number of furan rings is 1. The maximum absolute atomic E-state index is 12.8. The van der Waals surface area contributed by atoms with Crippen LogP contribution in [0.15, 0.2) is 40.8 Å². The molecule has 0 radical (unpaired) electrons. The van der Waals surface area contributed by atoms with Gasteiger partial charge >= 0.3 is 0 Å². The molecule has 2 aromatic rings. The molecule has 0 atom stereocenters. The number of benzene rings is 1. The molecule has 4 nitrogen and oxygen atoms in total. The summed E-state index contributed by atoms with van der Waals surface area (Å²) in [7, 11) is 0. The Morgan fingerprint density at radius 3 is 2.62 bits per heavy atom. The van der Waals surface area contributed by atoms with E-state index in [0.717, 1.165) is 0 Å². The van der Waals surface area contributed by atoms with Gasteiger partial charge in [-0.1, -0.05) is 13.8 Å². The van der Waals surface area contributed by atoms with E-state index >= 15 is 0 Å². The Morgan fingerprint density at radius 1 is 1.24 bits per heavy atom. The SMILES string of the molecule is CC(C)CNC(=O)c1ccc(COc2ccc(F)cc2)o1. The van der Waals surface area contributed by atoms with Crippen molar-refractivity contribution in [2.45, 2.75) is 20.5 Å². The highest BCUT2D eigenvalue weighted by molar-refractivity contribution is 5.91. The Labute approximate surface area is 122 Å². The second-order valence-corrected chi connectivity index (χ2v) is 5.11. The van der Waals surface area contributed by atoms with E-state index in [2.05, 4.69) is 5.32 Å². The number of amides is 1. The lowest BCUT2D eigenvalue weighted by Crippen LogP contribution is -2.26. The van der Waals surface area contributed by atoms with E-state index in [1.165, 1.54) is 24.3 Å². The molecule has 0 aliphatic rings. The molecule has 0 aliphatic heterocycles. The number of carbonyl (C=O) groups excluding carboxylic acids is 1. The van der Waals surface area contributed by atoms with Crippen LogP contribution in [0.5, 0.6) is 5.75 Å². The van der Waals surface area contributed by atoms with Crippen LogP contribution in [-0.4, -0.2) is 12.5 Å². The van der Waals surface area contributed by atoms with Gasteiger partial charge in [0.25, 0.3) is 5.91 Å². The first-order valence-corrected chi connectivity index (χ1v) is 6.80. The van der Waals surface area contributed by atoms with Crippen LogP contribution in [-0.2, 0) is 6.61 Å². The Hall–Kier alpha value is -2.30. The fourth-order valence-electron chi connectivity index (χ4n) is 1.65. The highest BCUT2D eigenvalue weighted by Crippen LogP contribution is 2.15. The minimum atomic E-state index is -0.315. The first-order valence-electron chi connectivity index (χ1n) is 6.80. The average molecular weight is 291 g/mol. The number of rotatable bonds is 6. The van der Waals surface area contributed by atoms with Crippen LogP contribution in [0.3, 0.4) is 0 Å². The fourth-order valence-corrected chi connectivity index (χ4v) is 1.65. The summed E-state index contributed by atoms with van der Waals surface area (Å²) < 4.78 is 23.6. The standard InChI is InChI=1S/C16H18FNO3/c1-11(2)9-18-16(19)15-8-7-14(21-15)10-20-13-5-3-12(17)4-6-13/h3-8,11H,9-10H2,1-2H3,(H,18,19). The zero-order chi connectivity index (χ0) is 15.2. The van der Waals surface area contributed by atoms with E-state index in [-0.39, 0.29) is 24.1 Å². The van der Waals surface area contributed by atoms with E-state index in [4.69, 9.17) is 9.15 Å². The zero-order valence-corrected chi connectivity index (χ0v) is 12.1. The number of ether oxygens (including phenoxy) is 1. The normalized spacial score (nSPS) is 10.7. The third-order valence-corrected chi connectivity index (χ3v) is 2.75. The summed E-state index contributed by atoms with van der Waals surface area (Å²) in [6.45, 7) is 4.82. The van der Waals surface area contributed by atoms with E-state index in [0.29, 0.717) is 24.0 Å². The van der Waals surface area contributed by atoms with Crippen LogP contribution in [0.25, 0.3) is 0 Å².